The maximum atomic E-state index is 9.88. The van der Waals surface area contributed by atoms with Crippen molar-refractivity contribution in [1.82, 2.24) is 4.98 Å². The Hall–Kier alpha value is -2.79. The molecule has 0 radical (unpaired) electrons. The van der Waals surface area contributed by atoms with Gasteiger partial charge in [0.2, 0.25) is 0 Å². The van der Waals surface area contributed by atoms with Crippen LogP contribution in [-0.4, -0.2) is 49.5 Å². The summed E-state index contributed by atoms with van der Waals surface area (Å²) in [6.07, 6.45) is 7.07. The normalized spacial score (nSPS) is 13.5. The van der Waals surface area contributed by atoms with Gasteiger partial charge in [-0.05, 0) is 24.3 Å². The van der Waals surface area contributed by atoms with Crippen molar-refractivity contribution in [2.75, 3.05) is 49.2 Å². The first-order valence-corrected chi connectivity index (χ1v) is 8.73. The Labute approximate surface area is 155 Å². The van der Waals surface area contributed by atoms with Crippen LogP contribution in [0.1, 0.15) is 0 Å². The lowest BCUT2D eigenvalue weighted by Gasteiger charge is -2.37. The Kier molecular flexibility index (Phi) is 8.23. The summed E-state index contributed by atoms with van der Waals surface area (Å²) in [6.45, 7) is 11.9. The molecule has 0 aliphatic carbocycles. The van der Waals surface area contributed by atoms with Gasteiger partial charge >= 0.3 is 0 Å². The van der Waals surface area contributed by atoms with Gasteiger partial charge in [0.25, 0.3) is 0 Å². The number of para-hydroxylation sites is 2. The van der Waals surface area contributed by atoms with Crippen molar-refractivity contribution in [1.29, 1.82) is 0 Å². The number of hydrogen-bond donors (Lipinski definition) is 1. The first-order valence-electron chi connectivity index (χ1n) is 8.73. The molecule has 1 N–H and O–H groups in total. The Morgan fingerprint density at radius 1 is 0.923 bits per heavy atom. The fraction of sp³-hybridized carbons (Fsp3) is 0.286. The van der Waals surface area contributed by atoms with Crippen LogP contribution in [0.2, 0.25) is 0 Å². The van der Waals surface area contributed by atoms with E-state index < -0.39 is 0 Å². The Bertz CT molecular complexity index is 660. The number of nitrogens with zero attached hydrogens (tertiary/aromatic N) is 3. The van der Waals surface area contributed by atoms with Crippen molar-refractivity contribution in [3.05, 3.63) is 74.1 Å². The molecule has 0 unspecified atom stereocenters. The van der Waals surface area contributed by atoms with E-state index in [1.807, 2.05) is 42.7 Å². The largest absolute Gasteiger partial charge is 0.506 e. The molecule has 0 amide bonds. The number of anilines is 2. The van der Waals surface area contributed by atoms with Gasteiger partial charge in [-0.15, -0.1) is 13.2 Å². The van der Waals surface area contributed by atoms with Crippen LogP contribution in [0.5, 0.6) is 5.75 Å². The third-order valence-electron chi connectivity index (χ3n) is 4.00. The minimum Gasteiger partial charge on any atom is -0.506 e. The maximum Gasteiger partial charge on any atom is 0.138 e. The molecule has 5 heteroatoms. The van der Waals surface area contributed by atoms with Crippen molar-refractivity contribution < 1.29 is 9.84 Å². The number of aromatic hydroxyl groups is 1. The summed E-state index contributed by atoms with van der Waals surface area (Å²) < 4.78 is 4.90. The fourth-order valence-electron chi connectivity index (χ4n) is 2.73. The molecule has 1 aliphatic rings. The molecule has 3 rings (SSSR count). The van der Waals surface area contributed by atoms with E-state index >= 15 is 0 Å². The molecule has 138 valence electrons. The molecule has 2 heterocycles. The first kappa shape index (κ1) is 19.5. The van der Waals surface area contributed by atoms with Crippen LogP contribution in [0, 0.1) is 0 Å². The first-order chi connectivity index (χ1) is 12.8. The zero-order chi connectivity index (χ0) is 18.6. The van der Waals surface area contributed by atoms with E-state index in [2.05, 4.69) is 27.9 Å². The highest BCUT2D eigenvalue weighted by atomic mass is 16.5. The highest BCUT2D eigenvalue weighted by Gasteiger charge is 2.18. The SMILES string of the molecule is C=CCOCC=C.Oc1ccccc1N1CCN(c2ccncc2)CC1. The van der Waals surface area contributed by atoms with Crippen LogP contribution in [0.3, 0.4) is 0 Å². The molecule has 1 aromatic carbocycles. The number of phenols is 1. The van der Waals surface area contributed by atoms with E-state index in [4.69, 9.17) is 4.74 Å². The monoisotopic (exact) mass is 353 g/mol. The molecule has 2 aromatic rings. The molecule has 1 aromatic heterocycles. The van der Waals surface area contributed by atoms with Gasteiger partial charge in [0.15, 0.2) is 0 Å². The van der Waals surface area contributed by atoms with Gasteiger partial charge in [-0.1, -0.05) is 24.3 Å². The number of aromatic nitrogens is 1. The Morgan fingerprint density at radius 2 is 1.50 bits per heavy atom. The lowest BCUT2D eigenvalue weighted by Crippen LogP contribution is -2.46. The summed E-state index contributed by atoms with van der Waals surface area (Å²) in [5.74, 6) is 0.361. The lowest BCUT2D eigenvalue weighted by atomic mass is 10.2. The molecule has 0 saturated carbocycles. The average molecular weight is 353 g/mol. The number of rotatable bonds is 6. The predicted molar refractivity (Wildman–Crippen MR) is 108 cm³/mol. The summed E-state index contributed by atoms with van der Waals surface area (Å²) in [4.78, 5) is 8.62. The summed E-state index contributed by atoms with van der Waals surface area (Å²) in [5.41, 5.74) is 2.14. The van der Waals surface area contributed by atoms with Crippen molar-refractivity contribution in [3.63, 3.8) is 0 Å². The van der Waals surface area contributed by atoms with Crippen LogP contribution in [0.25, 0.3) is 0 Å². The summed E-state index contributed by atoms with van der Waals surface area (Å²) >= 11 is 0. The standard InChI is InChI=1S/C15H17N3O.C6H10O/c19-15-4-2-1-3-14(15)18-11-9-17(10-12-18)13-5-7-16-8-6-13;1-3-5-7-6-4-2/h1-8,19H,9-12H2;3-4H,1-2,5-6H2. The Morgan fingerprint density at radius 3 is 2.08 bits per heavy atom. The van der Waals surface area contributed by atoms with Crippen molar-refractivity contribution in [2.45, 2.75) is 0 Å². The van der Waals surface area contributed by atoms with E-state index in [-0.39, 0.29) is 0 Å². The van der Waals surface area contributed by atoms with Gasteiger partial charge in [0, 0.05) is 44.3 Å². The van der Waals surface area contributed by atoms with Gasteiger partial charge in [-0.2, -0.15) is 0 Å². The van der Waals surface area contributed by atoms with Crippen LogP contribution in [0.4, 0.5) is 11.4 Å². The number of piperazine rings is 1. The van der Waals surface area contributed by atoms with Crippen LogP contribution in [-0.2, 0) is 4.74 Å². The topological polar surface area (TPSA) is 48.8 Å². The third-order valence-corrected chi connectivity index (χ3v) is 4.00. The number of benzene rings is 1. The number of phenolic OH excluding ortho intramolecular Hbond substituents is 1. The van der Waals surface area contributed by atoms with E-state index in [0.717, 1.165) is 31.9 Å². The predicted octanol–water partition coefficient (Wildman–Crippen LogP) is 3.49. The lowest BCUT2D eigenvalue weighted by molar-refractivity contribution is 0.194. The van der Waals surface area contributed by atoms with Crippen LogP contribution in [0.15, 0.2) is 74.1 Å². The number of hydrogen-bond acceptors (Lipinski definition) is 5. The second kappa shape index (κ2) is 10.9. The molecule has 1 saturated heterocycles. The zero-order valence-electron chi connectivity index (χ0n) is 15.1. The molecule has 0 atom stereocenters. The van der Waals surface area contributed by atoms with Crippen molar-refractivity contribution >= 4 is 11.4 Å². The molecule has 1 aliphatic heterocycles. The van der Waals surface area contributed by atoms with Crippen molar-refractivity contribution in [2.24, 2.45) is 0 Å². The fourth-order valence-corrected chi connectivity index (χ4v) is 2.73. The van der Waals surface area contributed by atoms with Gasteiger partial charge in [-0.25, -0.2) is 0 Å². The van der Waals surface area contributed by atoms with Gasteiger partial charge in [-0.3, -0.25) is 4.98 Å². The summed E-state index contributed by atoms with van der Waals surface area (Å²) in [5, 5.41) is 9.88. The number of ether oxygens (including phenoxy) is 1. The molecule has 26 heavy (non-hydrogen) atoms. The minimum atomic E-state index is 0.361. The van der Waals surface area contributed by atoms with E-state index in [0.29, 0.717) is 19.0 Å². The van der Waals surface area contributed by atoms with Gasteiger partial charge in [0.1, 0.15) is 5.75 Å². The summed E-state index contributed by atoms with van der Waals surface area (Å²) in [7, 11) is 0. The summed E-state index contributed by atoms with van der Waals surface area (Å²) in [6, 6.07) is 11.6. The van der Waals surface area contributed by atoms with E-state index in [1.54, 1.807) is 18.2 Å². The highest BCUT2D eigenvalue weighted by Crippen LogP contribution is 2.27. The molecule has 0 spiro atoms. The third kappa shape index (κ3) is 5.93. The zero-order valence-corrected chi connectivity index (χ0v) is 15.1. The van der Waals surface area contributed by atoms with E-state index in [1.165, 1.54) is 5.69 Å². The molecule has 1 fully saturated rings. The quantitative estimate of drug-likeness (QED) is 0.636. The minimum absolute atomic E-state index is 0.361. The molecule has 0 bridgehead atoms. The van der Waals surface area contributed by atoms with Gasteiger partial charge in [0.05, 0.1) is 18.9 Å². The molecular formula is C21H27N3O2. The van der Waals surface area contributed by atoms with Crippen molar-refractivity contribution in [3.8, 4) is 5.75 Å². The average Bonchev–Trinajstić information content (AvgIpc) is 2.70. The molecular weight excluding hydrogens is 326 g/mol. The highest BCUT2D eigenvalue weighted by molar-refractivity contribution is 5.59. The van der Waals surface area contributed by atoms with Crippen LogP contribution < -0.4 is 9.80 Å². The van der Waals surface area contributed by atoms with Crippen LogP contribution >= 0.6 is 0 Å². The molecule has 5 nitrogen and oxygen atoms in total. The van der Waals surface area contributed by atoms with E-state index in [9.17, 15) is 5.11 Å². The second-order valence-corrected chi connectivity index (χ2v) is 5.78. The smallest absolute Gasteiger partial charge is 0.138 e. The second-order valence-electron chi connectivity index (χ2n) is 5.78. The van der Waals surface area contributed by atoms with Gasteiger partial charge < -0.3 is 19.6 Å². The number of pyridine rings is 1. The maximum absolute atomic E-state index is 9.88. The Balaban J connectivity index is 0.000000298.